The van der Waals surface area contributed by atoms with Crippen molar-refractivity contribution in [2.45, 2.75) is 39.2 Å². The second-order valence-electron chi connectivity index (χ2n) is 9.30. The van der Waals surface area contributed by atoms with E-state index in [2.05, 4.69) is 35.6 Å². The Morgan fingerprint density at radius 3 is 2.74 bits per heavy atom. The summed E-state index contributed by atoms with van der Waals surface area (Å²) in [4.78, 5) is 33.5. The van der Waals surface area contributed by atoms with Gasteiger partial charge in [-0.05, 0) is 38.0 Å². The fraction of sp³-hybridized carbons (Fsp3) is 0.385. The maximum Gasteiger partial charge on any atom is 0.306 e. The molecule has 0 unspecified atom stereocenters. The Morgan fingerprint density at radius 1 is 1.08 bits per heavy atom. The minimum atomic E-state index is -0.738. The van der Waals surface area contributed by atoms with Crippen LogP contribution in [0.5, 0.6) is 5.75 Å². The number of aliphatic carboxylic acids is 1. The number of hydrogen-bond acceptors (Lipinski definition) is 10. The van der Waals surface area contributed by atoms with Crippen LogP contribution in [0.4, 0.5) is 5.95 Å². The molecule has 2 N–H and O–H groups in total. The van der Waals surface area contributed by atoms with Gasteiger partial charge < -0.3 is 15.2 Å². The third kappa shape index (κ3) is 5.58. The van der Waals surface area contributed by atoms with Crippen LogP contribution in [0.15, 0.2) is 43.0 Å². The first kappa shape index (κ1) is 25.2. The van der Waals surface area contributed by atoms with E-state index in [1.807, 2.05) is 26.1 Å². The normalized spacial score (nSPS) is 17.2. The number of nitrogens with zero attached hydrogens (tertiary/aromatic N) is 8. The SMILES string of the molecule is Cc1nc(-c2nnn(C)c2CNc2nccc(-c3cnccn3)n2)ccc1OC[C@H]1CCCC[C@@H]1C(=O)O. The lowest BCUT2D eigenvalue weighted by Gasteiger charge is -2.28. The first-order valence-corrected chi connectivity index (χ1v) is 12.5. The van der Waals surface area contributed by atoms with E-state index in [-0.39, 0.29) is 11.8 Å². The lowest BCUT2D eigenvalue weighted by molar-refractivity contribution is -0.145. The monoisotopic (exact) mass is 515 g/mol. The number of carboxylic acid groups (broad SMARTS) is 1. The van der Waals surface area contributed by atoms with Crippen molar-refractivity contribution in [1.82, 2.24) is 39.9 Å². The molecule has 1 fully saturated rings. The highest BCUT2D eigenvalue weighted by molar-refractivity contribution is 5.70. The molecule has 4 aromatic rings. The number of aryl methyl sites for hydroxylation is 2. The number of nitrogens with one attached hydrogen (secondary N) is 1. The molecule has 0 amide bonds. The summed E-state index contributed by atoms with van der Waals surface area (Å²) >= 11 is 0. The number of hydrogen-bond donors (Lipinski definition) is 2. The standard InChI is InChI=1S/C26H29N9O3/c1-16-23(38-15-17-5-3-4-6-18(17)25(36)37)8-7-20(31-16)24-22(35(2)34-33-24)14-30-26-29-10-9-19(32-26)21-13-27-11-12-28-21/h7-13,17-18H,3-6,14-15H2,1-2H3,(H,36,37)(H,29,30,32)/t17-,18+/m1/s1. The molecule has 196 valence electrons. The fourth-order valence-electron chi connectivity index (χ4n) is 4.72. The predicted octanol–water partition coefficient (Wildman–Crippen LogP) is 3.31. The quantitative estimate of drug-likeness (QED) is 0.337. The van der Waals surface area contributed by atoms with Crippen LogP contribution in [-0.2, 0) is 18.4 Å². The predicted molar refractivity (Wildman–Crippen MR) is 138 cm³/mol. The Bertz CT molecular complexity index is 1410. The van der Waals surface area contributed by atoms with Crippen LogP contribution in [0.3, 0.4) is 0 Å². The first-order chi connectivity index (χ1) is 18.5. The molecular formula is C26H29N9O3. The lowest BCUT2D eigenvalue weighted by Crippen LogP contribution is -2.31. The van der Waals surface area contributed by atoms with Gasteiger partial charge in [0.1, 0.15) is 17.1 Å². The van der Waals surface area contributed by atoms with Gasteiger partial charge in [0, 0.05) is 31.6 Å². The van der Waals surface area contributed by atoms with Crippen molar-refractivity contribution in [3.05, 3.63) is 54.4 Å². The van der Waals surface area contributed by atoms with Crippen molar-refractivity contribution in [2.24, 2.45) is 18.9 Å². The summed E-state index contributed by atoms with van der Waals surface area (Å²) in [6.07, 6.45) is 10.1. The molecule has 38 heavy (non-hydrogen) atoms. The van der Waals surface area contributed by atoms with Crippen LogP contribution in [0.1, 0.15) is 37.1 Å². The van der Waals surface area contributed by atoms with Crippen LogP contribution in [0.25, 0.3) is 22.8 Å². The minimum absolute atomic E-state index is 0.00708. The van der Waals surface area contributed by atoms with E-state index in [0.29, 0.717) is 59.7 Å². The smallest absolute Gasteiger partial charge is 0.306 e. The van der Waals surface area contributed by atoms with Gasteiger partial charge in [-0.15, -0.1) is 5.10 Å². The van der Waals surface area contributed by atoms with Gasteiger partial charge in [0.2, 0.25) is 5.95 Å². The molecule has 2 atom stereocenters. The molecule has 12 nitrogen and oxygen atoms in total. The third-order valence-corrected chi connectivity index (χ3v) is 6.80. The Kier molecular flexibility index (Phi) is 7.47. The third-order valence-electron chi connectivity index (χ3n) is 6.80. The summed E-state index contributed by atoms with van der Waals surface area (Å²) in [6, 6.07) is 5.48. The van der Waals surface area contributed by atoms with Crippen LogP contribution in [-0.4, -0.2) is 57.6 Å². The van der Waals surface area contributed by atoms with Crippen LogP contribution in [0.2, 0.25) is 0 Å². The van der Waals surface area contributed by atoms with Crippen molar-refractivity contribution in [3.63, 3.8) is 0 Å². The highest BCUT2D eigenvalue weighted by Crippen LogP contribution is 2.32. The molecule has 4 heterocycles. The highest BCUT2D eigenvalue weighted by atomic mass is 16.5. The summed E-state index contributed by atoms with van der Waals surface area (Å²) in [5.74, 6) is -0.00105. The van der Waals surface area contributed by atoms with Gasteiger partial charge in [0.05, 0.1) is 48.0 Å². The second-order valence-corrected chi connectivity index (χ2v) is 9.30. The average molecular weight is 516 g/mol. The molecular weight excluding hydrogens is 486 g/mol. The number of anilines is 1. The second kappa shape index (κ2) is 11.3. The zero-order chi connectivity index (χ0) is 26.5. The summed E-state index contributed by atoms with van der Waals surface area (Å²) in [5.41, 5.74) is 4.13. The van der Waals surface area contributed by atoms with Gasteiger partial charge in [-0.2, -0.15) is 0 Å². The number of pyridine rings is 1. The number of carboxylic acids is 1. The number of rotatable bonds is 9. The molecule has 0 aliphatic heterocycles. The van der Waals surface area contributed by atoms with Crippen molar-refractivity contribution < 1.29 is 14.6 Å². The molecule has 0 spiro atoms. The summed E-state index contributed by atoms with van der Waals surface area (Å²) in [6.45, 7) is 2.61. The van der Waals surface area contributed by atoms with Crippen molar-refractivity contribution >= 4 is 11.9 Å². The van der Waals surface area contributed by atoms with Gasteiger partial charge >= 0.3 is 5.97 Å². The maximum atomic E-state index is 11.6. The van der Waals surface area contributed by atoms with E-state index in [1.54, 1.807) is 35.5 Å². The highest BCUT2D eigenvalue weighted by Gasteiger charge is 2.31. The lowest BCUT2D eigenvalue weighted by atomic mass is 9.80. The zero-order valence-electron chi connectivity index (χ0n) is 21.3. The molecule has 0 saturated heterocycles. The van der Waals surface area contributed by atoms with Crippen molar-refractivity contribution in [3.8, 4) is 28.5 Å². The fourth-order valence-corrected chi connectivity index (χ4v) is 4.72. The van der Waals surface area contributed by atoms with Crippen LogP contribution >= 0.6 is 0 Å². The largest absolute Gasteiger partial charge is 0.491 e. The molecule has 12 heteroatoms. The summed E-state index contributed by atoms with van der Waals surface area (Å²) in [7, 11) is 1.82. The van der Waals surface area contributed by atoms with Crippen LogP contribution < -0.4 is 10.1 Å². The van der Waals surface area contributed by atoms with E-state index in [1.165, 1.54) is 0 Å². The molecule has 5 rings (SSSR count). The van der Waals surface area contributed by atoms with E-state index in [9.17, 15) is 9.90 Å². The Hall–Kier alpha value is -4.48. The Labute approximate surface area is 219 Å². The molecule has 4 aromatic heterocycles. The Balaban J connectivity index is 1.28. The number of ether oxygens (including phenoxy) is 1. The molecule has 0 radical (unpaired) electrons. The van der Waals surface area contributed by atoms with Crippen molar-refractivity contribution in [1.29, 1.82) is 0 Å². The van der Waals surface area contributed by atoms with E-state index >= 15 is 0 Å². The molecule has 0 bridgehead atoms. The maximum absolute atomic E-state index is 11.6. The van der Waals surface area contributed by atoms with E-state index in [4.69, 9.17) is 9.72 Å². The van der Waals surface area contributed by atoms with Gasteiger partial charge in [0.25, 0.3) is 0 Å². The first-order valence-electron chi connectivity index (χ1n) is 12.5. The molecule has 0 aromatic carbocycles. The number of aromatic nitrogens is 8. The van der Waals surface area contributed by atoms with Crippen LogP contribution in [0, 0.1) is 18.8 Å². The molecule has 1 aliphatic rings. The molecule has 1 aliphatic carbocycles. The van der Waals surface area contributed by atoms with Gasteiger partial charge in [-0.3, -0.25) is 14.8 Å². The van der Waals surface area contributed by atoms with E-state index in [0.717, 1.165) is 25.0 Å². The summed E-state index contributed by atoms with van der Waals surface area (Å²) < 4.78 is 7.72. The van der Waals surface area contributed by atoms with Gasteiger partial charge in [-0.1, -0.05) is 18.1 Å². The number of carbonyl (C=O) groups is 1. The van der Waals surface area contributed by atoms with Gasteiger partial charge in [-0.25, -0.2) is 19.6 Å². The topological polar surface area (TPSA) is 154 Å². The van der Waals surface area contributed by atoms with Gasteiger partial charge in [0.15, 0.2) is 0 Å². The van der Waals surface area contributed by atoms with E-state index < -0.39 is 5.97 Å². The molecule has 1 saturated carbocycles. The minimum Gasteiger partial charge on any atom is -0.491 e. The Morgan fingerprint density at radius 2 is 1.95 bits per heavy atom. The zero-order valence-corrected chi connectivity index (χ0v) is 21.3. The van der Waals surface area contributed by atoms with Crippen molar-refractivity contribution in [2.75, 3.05) is 11.9 Å². The summed E-state index contributed by atoms with van der Waals surface area (Å²) in [5, 5.41) is 21.3. The average Bonchev–Trinajstić information content (AvgIpc) is 3.32.